The predicted octanol–water partition coefficient (Wildman–Crippen LogP) is 3.52. The van der Waals surface area contributed by atoms with Crippen molar-refractivity contribution in [2.45, 2.75) is 46.2 Å². The molecule has 0 radical (unpaired) electrons. The van der Waals surface area contributed by atoms with E-state index in [0.717, 1.165) is 30.3 Å². The minimum absolute atomic E-state index is 0.183. The number of ether oxygens (including phenoxy) is 1. The summed E-state index contributed by atoms with van der Waals surface area (Å²) in [5, 5.41) is 5.94. The molecule has 0 aliphatic carbocycles. The van der Waals surface area contributed by atoms with Crippen LogP contribution in [-0.4, -0.2) is 60.8 Å². The molecule has 0 aromatic heterocycles. The lowest BCUT2D eigenvalue weighted by atomic mass is 9.94. The van der Waals surface area contributed by atoms with Crippen LogP contribution in [0.15, 0.2) is 24.3 Å². The molecule has 2 fully saturated rings. The van der Waals surface area contributed by atoms with Gasteiger partial charge in [0.1, 0.15) is 6.61 Å². The van der Waals surface area contributed by atoms with Gasteiger partial charge >= 0.3 is 12.1 Å². The van der Waals surface area contributed by atoms with Crippen LogP contribution in [0.4, 0.5) is 15.3 Å². The van der Waals surface area contributed by atoms with Crippen LogP contribution >= 0.6 is 0 Å². The van der Waals surface area contributed by atoms with Gasteiger partial charge in [-0.25, -0.2) is 9.59 Å². The normalized spacial score (nSPS) is 19.3. The molecule has 7 nitrogen and oxygen atoms in total. The van der Waals surface area contributed by atoms with Crippen LogP contribution in [0.3, 0.4) is 0 Å². The second-order valence-electron chi connectivity index (χ2n) is 8.60. The van der Waals surface area contributed by atoms with Gasteiger partial charge in [0, 0.05) is 24.8 Å². The second-order valence-corrected chi connectivity index (χ2v) is 8.60. The van der Waals surface area contributed by atoms with Crippen molar-refractivity contribution in [1.82, 2.24) is 15.1 Å². The summed E-state index contributed by atoms with van der Waals surface area (Å²) in [6.07, 6.45) is 2.20. The smallest absolute Gasteiger partial charge is 0.410 e. The topological polar surface area (TPSA) is 73.9 Å². The molecule has 2 N–H and O–H groups in total. The molecule has 3 rings (SSSR count). The fraction of sp³-hybridized carbons (Fsp3) is 0.636. The third kappa shape index (κ3) is 6.10. The summed E-state index contributed by atoms with van der Waals surface area (Å²) in [5.74, 6) is 1.29. The quantitative estimate of drug-likeness (QED) is 0.732. The largest absolute Gasteiger partial charge is 0.448 e. The van der Waals surface area contributed by atoms with E-state index in [2.05, 4.69) is 36.3 Å². The van der Waals surface area contributed by atoms with Crippen LogP contribution in [0.5, 0.6) is 0 Å². The lowest BCUT2D eigenvalue weighted by molar-refractivity contribution is 0.108. The molecule has 0 saturated carbocycles. The number of cyclic esters (lactones) is 1. The number of anilines is 1. The third-order valence-corrected chi connectivity index (χ3v) is 5.96. The van der Waals surface area contributed by atoms with Crippen molar-refractivity contribution in [1.29, 1.82) is 0 Å². The number of likely N-dealkylation sites (tertiary alicyclic amines) is 1. The number of carbonyl (C=O) groups is 2. The van der Waals surface area contributed by atoms with Crippen LogP contribution in [0.25, 0.3) is 0 Å². The van der Waals surface area contributed by atoms with Gasteiger partial charge in [-0.1, -0.05) is 32.9 Å². The summed E-state index contributed by atoms with van der Waals surface area (Å²) in [4.78, 5) is 28.1. The molecular formula is C22H34N4O3. The summed E-state index contributed by atoms with van der Waals surface area (Å²) < 4.78 is 4.94. The number of hydrogen-bond acceptors (Lipinski definition) is 4. The highest BCUT2D eigenvalue weighted by Crippen LogP contribution is 2.21. The van der Waals surface area contributed by atoms with Gasteiger partial charge in [0.25, 0.3) is 0 Å². The highest BCUT2D eigenvalue weighted by molar-refractivity contribution is 5.89. The maximum Gasteiger partial charge on any atom is 0.410 e. The van der Waals surface area contributed by atoms with Crippen LogP contribution < -0.4 is 10.6 Å². The molecule has 7 heteroatoms. The second kappa shape index (κ2) is 9.96. The summed E-state index contributed by atoms with van der Waals surface area (Å²) in [7, 11) is 0. The first kappa shape index (κ1) is 21.4. The standard InChI is InChI=1S/C22H34N4O3/c1-16(2)20(25-10-8-17(3)9-11-25)14-23-21(27)24-19-6-4-18(5-7-19)15-26-12-13-29-22(26)28/h4-7,16-17,20H,8-15H2,1-3H3,(H2,23,24,27). The molecule has 0 spiro atoms. The van der Waals surface area contributed by atoms with E-state index in [4.69, 9.17) is 4.74 Å². The Bertz CT molecular complexity index is 684. The molecule has 29 heavy (non-hydrogen) atoms. The Kier molecular flexibility index (Phi) is 7.36. The van der Waals surface area contributed by atoms with Gasteiger partial charge < -0.3 is 20.3 Å². The van der Waals surface area contributed by atoms with Crippen LogP contribution in [0.2, 0.25) is 0 Å². The molecule has 2 saturated heterocycles. The molecule has 160 valence electrons. The van der Waals surface area contributed by atoms with Gasteiger partial charge in [-0.05, 0) is 55.5 Å². The highest BCUT2D eigenvalue weighted by atomic mass is 16.6. The van der Waals surface area contributed by atoms with E-state index in [-0.39, 0.29) is 12.1 Å². The zero-order chi connectivity index (χ0) is 20.8. The van der Waals surface area contributed by atoms with Crippen molar-refractivity contribution in [3.63, 3.8) is 0 Å². The number of rotatable bonds is 7. The van der Waals surface area contributed by atoms with Gasteiger partial charge in [-0.3, -0.25) is 4.90 Å². The molecule has 2 aliphatic heterocycles. The molecule has 1 aromatic carbocycles. The van der Waals surface area contributed by atoms with Crippen molar-refractivity contribution in [2.24, 2.45) is 11.8 Å². The summed E-state index contributed by atoms with van der Waals surface area (Å²) in [6.45, 7) is 11.2. The van der Waals surface area contributed by atoms with Crippen molar-refractivity contribution in [3.05, 3.63) is 29.8 Å². The Morgan fingerprint density at radius 1 is 1.17 bits per heavy atom. The van der Waals surface area contributed by atoms with Gasteiger partial charge in [-0.2, -0.15) is 0 Å². The van der Waals surface area contributed by atoms with Crippen molar-refractivity contribution >= 4 is 17.8 Å². The fourth-order valence-corrected chi connectivity index (χ4v) is 4.00. The van der Waals surface area contributed by atoms with E-state index in [0.29, 0.717) is 38.2 Å². The number of amides is 3. The Labute approximate surface area is 173 Å². The molecule has 0 bridgehead atoms. The number of nitrogens with zero attached hydrogens (tertiary/aromatic N) is 2. The molecule has 3 amide bonds. The minimum Gasteiger partial charge on any atom is -0.448 e. The number of benzene rings is 1. The van der Waals surface area contributed by atoms with Crippen molar-refractivity contribution in [3.8, 4) is 0 Å². The summed E-state index contributed by atoms with van der Waals surface area (Å²) in [6, 6.07) is 7.75. The predicted molar refractivity (Wildman–Crippen MR) is 114 cm³/mol. The summed E-state index contributed by atoms with van der Waals surface area (Å²) in [5.41, 5.74) is 1.75. The van der Waals surface area contributed by atoms with E-state index >= 15 is 0 Å². The minimum atomic E-state index is -0.269. The maximum atomic E-state index is 12.4. The monoisotopic (exact) mass is 402 g/mol. The maximum absolute atomic E-state index is 12.4. The Balaban J connectivity index is 1.46. The van der Waals surface area contributed by atoms with Crippen LogP contribution in [0.1, 0.15) is 39.2 Å². The van der Waals surface area contributed by atoms with Crippen LogP contribution in [-0.2, 0) is 11.3 Å². The first-order valence-electron chi connectivity index (χ1n) is 10.7. The number of carbonyl (C=O) groups excluding carboxylic acids is 2. The van der Waals surface area contributed by atoms with Gasteiger partial charge in [0.2, 0.25) is 0 Å². The zero-order valence-electron chi connectivity index (χ0n) is 17.8. The molecule has 1 atom stereocenters. The average molecular weight is 403 g/mol. The molecule has 2 heterocycles. The van der Waals surface area contributed by atoms with E-state index in [1.54, 1.807) is 4.90 Å². The average Bonchev–Trinajstić information content (AvgIpc) is 3.09. The summed E-state index contributed by atoms with van der Waals surface area (Å²) >= 11 is 0. The van der Waals surface area contributed by atoms with Crippen molar-refractivity contribution in [2.75, 3.05) is 38.1 Å². The fourth-order valence-electron chi connectivity index (χ4n) is 4.00. The number of urea groups is 1. The van der Waals surface area contributed by atoms with E-state index < -0.39 is 0 Å². The van der Waals surface area contributed by atoms with E-state index in [1.807, 2.05) is 24.3 Å². The Hall–Kier alpha value is -2.28. The molecule has 2 aliphatic rings. The van der Waals surface area contributed by atoms with Crippen LogP contribution in [0, 0.1) is 11.8 Å². The number of nitrogens with one attached hydrogen (secondary N) is 2. The van der Waals surface area contributed by atoms with Gasteiger partial charge in [0.15, 0.2) is 0 Å². The third-order valence-electron chi connectivity index (χ3n) is 5.96. The number of piperidine rings is 1. The Morgan fingerprint density at radius 2 is 1.86 bits per heavy atom. The first-order valence-corrected chi connectivity index (χ1v) is 10.7. The molecular weight excluding hydrogens is 368 g/mol. The van der Waals surface area contributed by atoms with E-state index in [9.17, 15) is 9.59 Å². The van der Waals surface area contributed by atoms with Gasteiger partial charge in [0.05, 0.1) is 6.54 Å². The molecule has 1 aromatic rings. The lowest BCUT2D eigenvalue weighted by Crippen LogP contribution is -2.50. The number of hydrogen-bond donors (Lipinski definition) is 2. The highest BCUT2D eigenvalue weighted by Gasteiger charge is 2.26. The lowest BCUT2D eigenvalue weighted by Gasteiger charge is -2.38. The molecule has 1 unspecified atom stereocenters. The van der Waals surface area contributed by atoms with E-state index in [1.165, 1.54) is 12.8 Å². The SMILES string of the molecule is CC1CCN(C(CNC(=O)Nc2ccc(CN3CCOC3=O)cc2)C(C)C)CC1. The van der Waals surface area contributed by atoms with Crippen molar-refractivity contribution < 1.29 is 14.3 Å². The Morgan fingerprint density at radius 3 is 2.45 bits per heavy atom. The van der Waals surface area contributed by atoms with Gasteiger partial charge in [-0.15, -0.1) is 0 Å². The first-order chi connectivity index (χ1) is 13.9. The zero-order valence-corrected chi connectivity index (χ0v) is 17.8.